The van der Waals surface area contributed by atoms with E-state index < -0.39 is 0 Å². The number of hydrogen-bond acceptors (Lipinski definition) is 6. The molecule has 0 bridgehead atoms. The highest BCUT2D eigenvalue weighted by Gasteiger charge is 2.00. The lowest BCUT2D eigenvalue weighted by Crippen LogP contribution is -2.07. The van der Waals surface area contributed by atoms with Crippen LogP contribution in [0, 0.1) is 0 Å². The van der Waals surface area contributed by atoms with E-state index in [1.54, 1.807) is 0 Å². The maximum absolute atomic E-state index is 9.02. The third-order valence-electron chi connectivity index (χ3n) is 2.99. The van der Waals surface area contributed by atoms with Gasteiger partial charge in [0.2, 0.25) is 0 Å². The van der Waals surface area contributed by atoms with E-state index in [9.17, 15) is 0 Å². The Bertz CT molecular complexity index is 151. The second kappa shape index (κ2) is 29.7. The normalized spacial score (nSPS) is 11.1. The van der Waals surface area contributed by atoms with Crippen molar-refractivity contribution in [1.29, 1.82) is 0 Å². The number of unbranched alkanes of at least 4 members (excludes halogenated alkanes) is 5. The van der Waals surface area contributed by atoms with Gasteiger partial charge in [-0.05, 0) is 51.4 Å². The minimum Gasteiger partial charge on any atom is -0.396 e. The van der Waals surface area contributed by atoms with Gasteiger partial charge < -0.3 is 30.6 Å². The van der Waals surface area contributed by atoms with Crippen molar-refractivity contribution in [1.82, 2.24) is 0 Å². The standard InChI is InChI=1S/C7H16O2.2C5H12O2/c1-2-3-4-7(9)5-6-8;2*6-4-2-1-3-5-7/h7-9H,2-6H2,1H3;2*6-7H,1-5H2. The Balaban J connectivity index is -0.000000264. The van der Waals surface area contributed by atoms with Crippen molar-refractivity contribution < 1.29 is 30.6 Å². The number of aliphatic hydroxyl groups is 6. The molecule has 6 heteroatoms. The Morgan fingerprint density at radius 1 is 0.522 bits per heavy atom. The molecule has 0 spiro atoms. The lowest BCUT2D eigenvalue weighted by Gasteiger charge is -2.05. The first-order valence-corrected chi connectivity index (χ1v) is 8.86. The molecule has 144 valence electrons. The molecule has 1 atom stereocenters. The fourth-order valence-corrected chi connectivity index (χ4v) is 1.53. The molecule has 6 N–H and O–H groups in total. The van der Waals surface area contributed by atoms with Crippen LogP contribution in [0.25, 0.3) is 0 Å². The lowest BCUT2D eigenvalue weighted by molar-refractivity contribution is 0.123. The van der Waals surface area contributed by atoms with E-state index >= 15 is 0 Å². The number of aliphatic hydroxyl groups excluding tert-OH is 6. The van der Waals surface area contributed by atoms with Crippen molar-refractivity contribution >= 4 is 0 Å². The molecule has 0 aromatic rings. The van der Waals surface area contributed by atoms with Crippen LogP contribution < -0.4 is 0 Å². The summed E-state index contributed by atoms with van der Waals surface area (Å²) in [6, 6.07) is 0. The van der Waals surface area contributed by atoms with Gasteiger partial charge in [0, 0.05) is 33.0 Å². The summed E-state index contributed by atoms with van der Waals surface area (Å²) in [7, 11) is 0. The average molecular weight is 341 g/mol. The van der Waals surface area contributed by atoms with E-state index in [0.29, 0.717) is 6.42 Å². The van der Waals surface area contributed by atoms with Crippen LogP contribution in [0.4, 0.5) is 0 Å². The first-order chi connectivity index (χ1) is 11.1. The third kappa shape index (κ3) is 39.0. The smallest absolute Gasteiger partial charge is 0.0562 e. The molecule has 0 fully saturated rings. The quantitative estimate of drug-likeness (QED) is 0.280. The second-order valence-corrected chi connectivity index (χ2v) is 5.32. The van der Waals surface area contributed by atoms with E-state index in [0.717, 1.165) is 57.8 Å². The van der Waals surface area contributed by atoms with Crippen molar-refractivity contribution in [2.75, 3.05) is 33.0 Å². The maximum Gasteiger partial charge on any atom is 0.0562 e. The van der Waals surface area contributed by atoms with Gasteiger partial charge in [-0.3, -0.25) is 0 Å². The summed E-state index contributed by atoms with van der Waals surface area (Å²) in [5, 5.41) is 50.2. The highest BCUT2D eigenvalue weighted by atomic mass is 16.3. The number of hydrogen-bond donors (Lipinski definition) is 6. The SMILES string of the molecule is CCCCC(O)CCO.OCCCCCO.OCCCCCO. The highest BCUT2D eigenvalue weighted by molar-refractivity contribution is 4.53. The molecule has 23 heavy (non-hydrogen) atoms. The van der Waals surface area contributed by atoms with Crippen LogP contribution in [-0.4, -0.2) is 69.8 Å². The van der Waals surface area contributed by atoms with E-state index in [4.69, 9.17) is 30.6 Å². The predicted octanol–water partition coefficient (Wildman–Crippen LogP) is 1.20. The summed E-state index contributed by atoms with van der Waals surface area (Å²) >= 11 is 0. The largest absolute Gasteiger partial charge is 0.396 e. The molecule has 0 radical (unpaired) electrons. The molecule has 6 nitrogen and oxygen atoms in total. The molecule has 0 rings (SSSR count). The van der Waals surface area contributed by atoms with E-state index in [1.165, 1.54) is 0 Å². The zero-order valence-corrected chi connectivity index (χ0v) is 14.9. The Kier molecular flexibility index (Phi) is 35.7. The van der Waals surface area contributed by atoms with Crippen LogP contribution in [0.5, 0.6) is 0 Å². The first kappa shape index (κ1) is 27.6. The van der Waals surface area contributed by atoms with Crippen molar-refractivity contribution in [3.05, 3.63) is 0 Å². The van der Waals surface area contributed by atoms with Crippen molar-refractivity contribution in [2.24, 2.45) is 0 Å². The first-order valence-electron chi connectivity index (χ1n) is 8.86. The van der Waals surface area contributed by atoms with Crippen LogP contribution in [0.1, 0.15) is 71.1 Å². The zero-order valence-electron chi connectivity index (χ0n) is 14.9. The Morgan fingerprint density at radius 3 is 1.17 bits per heavy atom. The molecular formula is C17H40O6. The van der Waals surface area contributed by atoms with Crippen molar-refractivity contribution in [3.63, 3.8) is 0 Å². The minimum atomic E-state index is -0.282. The van der Waals surface area contributed by atoms with Gasteiger partial charge in [0.15, 0.2) is 0 Å². The summed E-state index contributed by atoms with van der Waals surface area (Å²) in [4.78, 5) is 0. The Morgan fingerprint density at radius 2 is 0.913 bits per heavy atom. The van der Waals surface area contributed by atoms with Gasteiger partial charge in [0.05, 0.1) is 6.10 Å². The van der Waals surface area contributed by atoms with E-state index in [2.05, 4.69) is 6.92 Å². The molecule has 0 saturated heterocycles. The van der Waals surface area contributed by atoms with Gasteiger partial charge in [-0.2, -0.15) is 0 Å². The maximum atomic E-state index is 9.02. The number of rotatable bonds is 13. The van der Waals surface area contributed by atoms with Gasteiger partial charge in [0.25, 0.3) is 0 Å². The molecule has 0 aliphatic rings. The van der Waals surface area contributed by atoms with Crippen molar-refractivity contribution in [3.8, 4) is 0 Å². The Labute approximate surface area is 141 Å². The topological polar surface area (TPSA) is 121 Å². The fourth-order valence-electron chi connectivity index (χ4n) is 1.53. The van der Waals surface area contributed by atoms with Crippen LogP contribution in [0.3, 0.4) is 0 Å². The van der Waals surface area contributed by atoms with Crippen LogP contribution in [0.2, 0.25) is 0 Å². The van der Waals surface area contributed by atoms with Crippen LogP contribution in [-0.2, 0) is 0 Å². The van der Waals surface area contributed by atoms with Crippen LogP contribution in [0.15, 0.2) is 0 Å². The van der Waals surface area contributed by atoms with Gasteiger partial charge >= 0.3 is 0 Å². The zero-order chi connectivity index (χ0) is 18.2. The van der Waals surface area contributed by atoms with Gasteiger partial charge in [-0.15, -0.1) is 0 Å². The molecule has 0 aromatic carbocycles. The van der Waals surface area contributed by atoms with Gasteiger partial charge in [-0.25, -0.2) is 0 Å². The fraction of sp³-hybridized carbons (Fsp3) is 1.00. The molecule has 0 aliphatic heterocycles. The van der Waals surface area contributed by atoms with Crippen LogP contribution >= 0.6 is 0 Å². The minimum absolute atomic E-state index is 0.102. The molecular weight excluding hydrogens is 300 g/mol. The van der Waals surface area contributed by atoms with Gasteiger partial charge in [0.1, 0.15) is 0 Å². The summed E-state index contributed by atoms with van der Waals surface area (Å²) in [5.41, 5.74) is 0. The monoisotopic (exact) mass is 340 g/mol. The van der Waals surface area contributed by atoms with Crippen molar-refractivity contribution in [2.45, 2.75) is 77.2 Å². The highest BCUT2D eigenvalue weighted by Crippen LogP contribution is 2.02. The third-order valence-corrected chi connectivity index (χ3v) is 2.99. The summed E-state index contributed by atoms with van der Waals surface area (Å²) in [5.74, 6) is 0. The molecule has 0 saturated carbocycles. The summed E-state index contributed by atoms with van der Waals surface area (Å²) < 4.78 is 0. The molecule has 0 aliphatic carbocycles. The van der Waals surface area contributed by atoms with Gasteiger partial charge in [-0.1, -0.05) is 19.8 Å². The molecule has 0 heterocycles. The lowest BCUT2D eigenvalue weighted by atomic mass is 10.1. The molecule has 0 amide bonds. The summed E-state index contributed by atoms with van der Waals surface area (Å²) in [6.45, 7) is 3.19. The van der Waals surface area contributed by atoms with E-state index in [1.807, 2.05) is 0 Å². The Hall–Kier alpha value is -0.240. The predicted molar refractivity (Wildman–Crippen MR) is 93.3 cm³/mol. The molecule has 0 aromatic heterocycles. The summed E-state index contributed by atoms with van der Waals surface area (Å²) in [6.07, 6.45) is 8.40. The average Bonchev–Trinajstić information content (AvgIpc) is 2.55. The second-order valence-electron chi connectivity index (χ2n) is 5.32. The molecule has 1 unspecified atom stereocenters. The van der Waals surface area contributed by atoms with E-state index in [-0.39, 0.29) is 39.1 Å².